The number of benzene rings is 1. The van der Waals surface area contributed by atoms with Crippen LogP contribution in [-0.4, -0.2) is 15.1 Å². The van der Waals surface area contributed by atoms with Gasteiger partial charge in [-0.3, -0.25) is 0 Å². The van der Waals surface area contributed by atoms with Gasteiger partial charge in [-0.25, -0.2) is 4.98 Å². The molecular formula is C9H7ClN2O. The molecule has 0 aliphatic carbocycles. The summed E-state index contributed by atoms with van der Waals surface area (Å²) in [6.07, 6.45) is 3.20. The molecule has 1 heterocycles. The van der Waals surface area contributed by atoms with Gasteiger partial charge < -0.3 is 10.1 Å². The van der Waals surface area contributed by atoms with Gasteiger partial charge >= 0.3 is 0 Å². The van der Waals surface area contributed by atoms with Crippen molar-refractivity contribution in [3.8, 4) is 17.0 Å². The second-order valence-corrected chi connectivity index (χ2v) is 3.06. The van der Waals surface area contributed by atoms with E-state index in [1.165, 1.54) is 6.07 Å². The third-order valence-corrected chi connectivity index (χ3v) is 1.98. The van der Waals surface area contributed by atoms with Gasteiger partial charge in [0.1, 0.15) is 5.75 Å². The van der Waals surface area contributed by atoms with E-state index < -0.39 is 0 Å². The predicted octanol–water partition coefficient (Wildman–Crippen LogP) is 2.44. The van der Waals surface area contributed by atoms with Gasteiger partial charge in [-0.2, -0.15) is 0 Å². The molecule has 4 heteroatoms. The van der Waals surface area contributed by atoms with Crippen molar-refractivity contribution in [1.82, 2.24) is 9.97 Å². The lowest BCUT2D eigenvalue weighted by molar-refractivity contribution is 0.477. The number of nitrogens with one attached hydrogen (secondary N) is 1. The Balaban J connectivity index is 2.53. The zero-order valence-corrected chi connectivity index (χ0v) is 7.42. The van der Waals surface area contributed by atoms with Crippen molar-refractivity contribution in [3.05, 3.63) is 35.7 Å². The molecule has 1 aromatic heterocycles. The molecule has 66 valence electrons. The Hall–Kier alpha value is -1.48. The fraction of sp³-hybridized carbons (Fsp3) is 0. The highest BCUT2D eigenvalue weighted by molar-refractivity contribution is 6.30. The molecule has 0 saturated heterocycles. The number of hydrogen-bond donors (Lipinski definition) is 2. The summed E-state index contributed by atoms with van der Waals surface area (Å²) in [6, 6.07) is 4.96. The van der Waals surface area contributed by atoms with Gasteiger partial charge in [0.25, 0.3) is 0 Å². The van der Waals surface area contributed by atoms with Crippen LogP contribution in [0, 0.1) is 0 Å². The maximum Gasteiger partial charge on any atom is 0.126 e. The standard InChI is InChI=1S/C9H7ClN2O/c10-6-1-2-7(9(13)3-6)8-4-11-5-12-8/h1-5,13H,(H,11,12). The van der Waals surface area contributed by atoms with Crippen LogP contribution >= 0.6 is 11.6 Å². The van der Waals surface area contributed by atoms with E-state index in [4.69, 9.17) is 11.6 Å². The Morgan fingerprint density at radius 3 is 2.85 bits per heavy atom. The largest absolute Gasteiger partial charge is 0.507 e. The Labute approximate surface area is 80.0 Å². The molecule has 1 aromatic carbocycles. The topological polar surface area (TPSA) is 48.9 Å². The lowest BCUT2D eigenvalue weighted by Gasteiger charge is -2.01. The summed E-state index contributed by atoms with van der Waals surface area (Å²) in [5.74, 6) is 0.150. The average molecular weight is 195 g/mol. The maximum absolute atomic E-state index is 9.53. The fourth-order valence-corrected chi connectivity index (χ4v) is 1.30. The molecule has 0 amide bonds. The van der Waals surface area contributed by atoms with Gasteiger partial charge in [-0.05, 0) is 18.2 Å². The first-order valence-electron chi connectivity index (χ1n) is 3.74. The van der Waals surface area contributed by atoms with Gasteiger partial charge in [-0.1, -0.05) is 11.6 Å². The molecule has 0 radical (unpaired) electrons. The number of hydrogen-bond acceptors (Lipinski definition) is 2. The number of rotatable bonds is 1. The summed E-state index contributed by atoms with van der Waals surface area (Å²) in [6.45, 7) is 0. The van der Waals surface area contributed by atoms with Crippen LogP contribution in [-0.2, 0) is 0 Å². The van der Waals surface area contributed by atoms with E-state index in [-0.39, 0.29) is 5.75 Å². The van der Waals surface area contributed by atoms with E-state index in [9.17, 15) is 5.11 Å². The number of aromatic amines is 1. The van der Waals surface area contributed by atoms with Crippen LogP contribution in [0.1, 0.15) is 0 Å². The number of aromatic hydroxyl groups is 1. The lowest BCUT2D eigenvalue weighted by atomic mass is 10.1. The third kappa shape index (κ3) is 1.51. The Morgan fingerprint density at radius 1 is 1.38 bits per heavy atom. The van der Waals surface area contributed by atoms with Crippen molar-refractivity contribution in [1.29, 1.82) is 0 Å². The number of phenols is 1. The first-order valence-corrected chi connectivity index (χ1v) is 4.12. The molecule has 0 atom stereocenters. The summed E-state index contributed by atoms with van der Waals surface area (Å²) in [5, 5.41) is 10.0. The summed E-state index contributed by atoms with van der Waals surface area (Å²) in [5.41, 5.74) is 1.47. The molecule has 3 nitrogen and oxygen atoms in total. The highest BCUT2D eigenvalue weighted by Gasteiger charge is 2.04. The van der Waals surface area contributed by atoms with Gasteiger partial charge in [0.05, 0.1) is 18.2 Å². The predicted molar refractivity (Wildman–Crippen MR) is 50.7 cm³/mol. The van der Waals surface area contributed by atoms with Gasteiger partial charge in [-0.15, -0.1) is 0 Å². The van der Waals surface area contributed by atoms with Crippen molar-refractivity contribution in [2.75, 3.05) is 0 Å². The third-order valence-electron chi connectivity index (χ3n) is 1.75. The normalized spacial score (nSPS) is 10.2. The minimum absolute atomic E-state index is 0.150. The molecule has 0 aliphatic heterocycles. The number of aromatic nitrogens is 2. The Kier molecular flexibility index (Phi) is 1.94. The second kappa shape index (κ2) is 3.11. The smallest absolute Gasteiger partial charge is 0.126 e. The molecule has 0 aliphatic rings. The molecule has 13 heavy (non-hydrogen) atoms. The monoisotopic (exact) mass is 194 g/mol. The molecule has 2 N–H and O–H groups in total. The summed E-state index contributed by atoms with van der Waals surface area (Å²) < 4.78 is 0. The fourth-order valence-electron chi connectivity index (χ4n) is 1.14. The van der Waals surface area contributed by atoms with Crippen LogP contribution in [0.5, 0.6) is 5.75 Å². The average Bonchev–Trinajstić information content (AvgIpc) is 2.56. The van der Waals surface area contributed by atoms with Gasteiger partial charge in [0, 0.05) is 10.6 Å². The van der Waals surface area contributed by atoms with Crippen LogP contribution in [0.25, 0.3) is 11.3 Å². The van der Waals surface area contributed by atoms with Crippen LogP contribution < -0.4 is 0 Å². The Bertz CT molecular complexity index is 412. The van der Waals surface area contributed by atoms with E-state index in [0.717, 1.165) is 5.69 Å². The molecular weight excluding hydrogens is 188 g/mol. The summed E-state index contributed by atoms with van der Waals surface area (Å²) >= 11 is 5.69. The van der Waals surface area contributed by atoms with E-state index in [1.54, 1.807) is 24.7 Å². The lowest BCUT2D eigenvalue weighted by Crippen LogP contribution is -1.78. The molecule has 0 fully saturated rings. The van der Waals surface area contributed by atoms with Gasteiger partial charge in [0.15, 0.2) is 0 Å². The van der Waals surface area contributed by atoms with Crippen molar-refractivity contribution in [2.45, 2.75) is 0 Å². The SMILES string of the molecule is Oc1cc(Cl)ccc1-c1cnc[nH]1. The number of halogens is 1. The van der Waals surface area contributed by atoms with Gasteiger partial charge in [0.2, 0.25) is 0 Å². The number of imidazole rings is 1. The second-order valence-electron chi connectivity index (χ2n) is 2.63. The summed E-state index contributed by atoms with van der Waals surface area (Å²) in [4.78, 5) is 6.76. The molecule has 0 unspecified atom stereocenters. The van der Waals surface area contributed by atoms with E-state index in [0.29, 0.717) is 10.6 Å². The minimum Gasteiger partial charge on any atom is -0.507 e. The van der Waals surface area contributed by atoms with Crippen molar-refractivity contribution < 1.29 is 5.11 Å². The zero-order chi connectivity index (χ0) is 9.26. The van der Waals surface area contributed by atoms with Crippen LogP contribution in [0.4, 0.5) is 0 Å². The first kappa shape index (κ1) is 8.13. The van der Waals surface area contributed by atoms with Crippen molar-refractivity contribution in [3.63, 3.8) is 0 Å². The summed E-state index contributed by atoms with van der Waals surface area (Å²) in [7, 11) is 0. The van der Waals surface area contributed by atoms with E-state index in [1.807, 2.05) is 0 Å². The van der Waals surface area contributed by atoms with Crippen molar-refractivity contribution >= 4 is 11.6 Å². The minimum atomic E-state index is 0.150. The number of nitrogens with zero attached hydrogens (tertiary/aromatic N) is 1. The maximum atomic E-state index is 9.53. The Morgan fingerprint density at radius 2 is 2.23 bits per heavy atom. The number of phenolic OH excluding ortho intramolecular Hbond substituents is 1. The molecule has 0 spiro atoms. The van der Waals surface area contributed by atoms with Crippen LogP contribution in [0.15, 0.2) is 30.7 Å². The molecule has 2 rings (SSSR count). The van der Waals surface area contributed by atoms with Crippen LogP contribution in [0.2, 0.25) is 5.02 Å². The number of H-pyrrole nitrogens is 1. The molecule has 2 aromatic rings. The van der Waals surface area contributed by atoms with Crippen molar-refractivity contribution in [2.24, 2.45) is 0 Å². The quantitative estimate of drug-likeness (QED) is 0.733. The highest BCUT2D eigenvalue weighted by Crippen LogP contribution is 2.29. The van der Waals surface area contributed by atoms with E-state index in [2.05, 4.69) is 9.97 Å². The van der Waals surface area contributed by atoms with E-state index >= 15 is 0 Å². The highest BCUT2D eigenvalue weighted by atomic mass is 35.5. The first-order chi connectivity index (χ1) is 6.27. The molecule has 0 bridgehead atoms. The van der Waals surface area contributed by atoms with Crippen LogP contribution in [0.3, 0.4) is 0 Å². The molecule has 0 saturated carbocycles. The zero-order valence-electron chi connectivity index (χ0n) is 6.66.